The van der Waals surface area contributed by atoms with Crippen LogP contribution < -0.4 is 16.0 Å². The summed E-state index contributed by atoms with van der Waals surface area (Å²) in [5, 5.41) is 9.88. The predicted octanol–water partition coefficient (Wildman–Crippen LogP) is 4.04. The number of thiocarbonyl (C=S) groups is 1. The molecular weight excluding hydrogens is 342 g/mol. The van der Waals surface area contributed by atoms with Crippen LogP contribution in [0.2, 0.25) is 0 Å². The highest BCUT2D eigenvalue weighted by Crippen LogP contribution is 2.28. The first-order chi connectivity index (χ1) is 12.4. The fourth-order valence-corrected chi connectivity index (χ4v) is 3.35. The molecule has 134 valence electrons. The second-order valence-corrected chi connectivity index (χ2v) is 7.09. The van der Waals surface area contributed by atoms with E-state index >= 15 is 0 Å². The average molecular weight is 366 g/mol. The quantitative estimate of drug-likeness (QED) is 0.719. The Morgan fingerprint density at radius 1 is 1.04 bits per heavy atom. The van der Waals surface area contributed by atoms with Gasteiger partial charge in [0.1, 0.15) is 0 Å². The number of nitrogens with one attached hydrogen (secondary N) is 3. The maximum Gasteiger partial charge on any atom is 0.255 e. The van der Waals surface area contributed by atoms with E-state index in [9.17, 15) is 4.79 Å². The highest BCUT2D eigenvalue weighted by molar-refractivity contribution is 7.80. The topological polar surface area (TPSA) is 53.2 Å². The normalized spacial score (nSPS) is 16.8. The Labute approximate surface area is 159 Å². The van der Waals surface area contributed by atoms with Crippen LogP contribution in [0.3, 0.4) is 0 Å². The molecular formula is C21H23N3OS. The molecule has 5 heteroatoms. The number of aryl methyl sites for hydroxylation is 2. The van der Waals surface area contributed by atoms with E-state index in [1.807, 2.05) is 70.2 Å². The maximum atomic E-state index is 13.1. The van der Waals surface area contributed by atoms with Crippen molar-refractivity contribution in [3.63, 3.8) is 0 Å². The monoisotopic (exact) mass is 365 g/mol. The number of carbonyl (C=O) groups is 1. The Balaban J connectivity index is 1.96. The van der Waals surface area contributed by atoms with E-state index in [1.54, 1.807) is 0 Å². The van der Waals surface area contributed by atoms with Crippen molar-refractivity contribution in [1.29, 1.82) is 0 Å². The largest absolute Gasteiger partial charge is 0.351 e. The van der Waals surface area contributed by atoms with Gasteiger partial charge in [-0.15, -0.1) is 0 Å². The Morgan fingerprint density at radius 2 is 1.73 bits per heavy atom. The SMILES string of the molecule is CC1=C(C(=O)Nc2cccc(C)c2C)[C@H](c2ccc(C)cc2)NC(=S)N1. The molecule has 0 fully saturated rings. The van der Waals surface area contributed by atoms with Crippen LogP contribution in [0, 0.1) is 20.8 Å². The molecule has 0 radical (unpaired) electrons. The van der Waals surface area contributed by atoms with Gasteiger partial charge in [0.15, 0.2) is 5.11 Å². The van der Waals surface area contributed by atoms with Gasteiger partial charge in [-0.2, -0.15) is 0 Å². The minimum atomic E-state index is -0.283. The minimum absolute atomic E-state index is 0.135. The Bertz CT molecular complexity index is 900. The van der Waals surface area contributed by atoms with Crippen molar-refractivity contribution < 1.29 is 4.79 Å². The summed E-state index contributed by atoms with van der Waals surface area (Å²) < 4.78 is 0. The number of rotatable bonds is 3. The maximum absolute atomic E-state index is 13.1. The molecule has 3 rings (SSSR count). The summed E-state index contributed by atoms with van der Waals surface area (Å²) in [6.07, 6.45) is 0. The standard InChI is InChI=1S/C21H23N3OS/c1-12-8-10-16(11-9-12)19-18(15(4)22-21(26)24-19)20(25)23-17-7-5-6-13(2)14(17)3/h5-11,19H,1-4H3,(H,23,25)(H2,22,24,26)/t19-/m0/s1. The molecule has 26 heavy (non-hydrogen) atoms. The molecule has 0 saturated carbocycles. The van der Waals surface area contributed by atoms with E-state index in [4.69, 9.17) is 12.2 Å². The van der Waals surface area contributed by atoms with Gasteiger partial charge in [0.05, 0.1) is 11.6 Å². The number of amides is 1. The van der Waals surface area contributed by atoms with Gasteiger partial charge in [-0.05, 0) is 62.7 Å². The Morgan fingerprint density at radius 3 is 2.42 bits per heavy atom. The lowest BCUT2D eigenvalue weighted by Gasteiger charge is -2.30. The summed E-state index contributed by atoms with van der Waals surface area (Å²) in [4.78, 5) is 13.1. The van der Waals surface area contributed by atoms with E-state index in [1.165, 1.54) is 5.56 Å². The zero-order valence-electron chi connectivity index (χ0n) is 15.4. The molecule has 0 aromatic heterocycles. The number of benzene rings is 2. The smallest absolute Gasteiger partial charge is 0.255 e. The van der Waals surface area contributed by atoms with E-state index in [-0.39, 0.29) is 11.9 Å². The van der Waals surface area contributed by atoms with E-state index in [2.05, 4.69) is 16.0 Å². The van der Waals surface area contributed by atoms with Crippen LogP contribution >= 0.6 is 12.2 Å². The minimum Gasteiger partial charge on any atom is -0.351 e. The van der Waals surface area contributed by atoms with Crippen molar-refractivity contribution >= 4 is 28.9 Å². The van der Waals surface area contributed by atoms with Crippen molar-refractivity contribution in [2.45, 2.75) is 33.7 Å². The molecule has 2 aromatic carbocycles. The van der Waals surface area contributed by atoms with Crippen LogP contribution in [0.15, 0.2) is 53.7 Å². The lowest BCUT2D eigenvalue weighted by molar-refractivity contribution is -0.113. The second-order valence-electron chi connectivity index (χ2n) is 6.68. The third-order valence-electron chi connectivity index (χ3n) is 4.78. The van der Waals surface area contributed by atoms with Gasteiger partial charge in [-0.3, -0.25) is 4.79 Å². The number of anilines is 1. The van der Waals surface area contributed by atoms with Crippen LogP contribution in [0.5, 0.6) is 0 Å². The van der Waals surface area contributed by atoms with Crippen molar-refractivity contribution in [1.82, 2.24) is 10.6 Å². The fraction of sp³-hybridized carbons (Fsp3) is 0.238. The van der Waals surface area contributed by atoms with Crippen LogP contribution in [0.25, 0.3) is 0 Å². The van der Waals surface area contributed by atoms with Crippen molar-refractivity contribution in [2.75, 3.05) is 5.32 Å². The van der Waals surface area contributed by atoms with Crippen molar-refractivity contribution in [2.24, 2.45) is 0 Å². The van der Waals surface area contributed by atoms with Gasteiger partial charge in [0.25, 0.3) is 5.91 Å². The van der Waals surface area contributed by atoms with Gasteiger partial charge < -0.3 is 16.0 Å². The third kappa shape index (κ3) is 3.63. The molecule has 1 amide bonds. The average Bonchev–Trinajstić information content (AvgIpc) is 2.59. The summed E-state index contributed by atoms with van der Waals surface area (Å²) in [5.74, 6) is -0.135. The van der Waals surface area contributed by atoms with Crippen LogP contribution in [-0.4, -0.2) is 11.0 Å². The van der Waals surface area contributed by atoms with Gasteiger partial charge in [-0.25, -0.2) is 0 Å². The Kier molecular flexibility index (Phi) is 5.09. The van der Waals surface area contributed by atoms with E-state index in [0.717, 1.165) is 28.1 Å². The molecule has 1 atom stereocenters. The summed E-state index contributed by atoms with van der Waals surface area (Å²) >= 11 is 5.30. The second kappa shape index (κ2) is 7.30. The highest BCUT2D eigenvalue weighted by atomic mass is 32.1. The first-order valence-electron chi connectivity index (χ1n) is 8.59. The van der Waals surface area contributed by atoms with Crippen molar-refractivity contribution in [3.05, 3.63) is 76.0 Å². The zero-order chi connectivity index (χ0) is 18.8. The fourth-order valence-electron chi connectivity index (χ4n) is 3.08. The summed E-state index contributed by atoms with van der Waals surface area (Å²) in [5.41, 5.74) is 6.62. The van der Waals surface area contributed by atoms with Gasteiger partial charge in [0.2, 0.25) is 0 Å². The lowest BCUT2D eigenvalue weighted by atomic mass is 9.94. The molecule has 0 unspecified atom stereocenters. The number of carbonyl (C=O) groups excluding carboxylic acids is 1. The molecule has 0 spiro atoms. The molecule has 0 bridgehead atoms. The molecule has 1 aliphatic rings. The Hall–Kier alpha value is -2.66. The van der Waals surface area contributed by atoms with Gasteiger partial charge >= 0.3 is 0 Å². The van der Waals surface area contributed by atoms with Gasteiger partial charge in [0, 0.05) is 11.4 Å². The first-order valence-corrected chi connectivity index (χ1v) is 9.00. The van der Waals surface area contributed by atoms with E-state index < -0.39 is 0 Å². The third-order valence-corrected chi connectivity index (χ3v) is 5.00. The van der Waals surface area contributed by atoms with Crippen LogP contribution in [0.4, 0.5) is 5.69 Å². The van der Waals surface area contributed by atoms with Gasteiger partial charge in [-0.1, -0.05) is 42.0 Å². The lowest BCUT2D eigenvalue weighted by Crippen LogP contribution is -2.45. The molecule has 3 N–H and O–H groups in total. The van der Waals surface area contributed by atoms with Crippen LogP contribution in [-0.2, 0) is 4.79 Å². The van der Waals surface area contributed by atoms with E-state index in [0.29, 0.717) is 10.7 Å². The molecule has 4 nitrogen and oxygen atoms in total. The summed E-state index contributed by atoms with van der Waals surface area (Å²) in [6.45, 7) is 7.97. The number of hydrogen-bond donors (Lipinski definition) is 3. The predicted molar refractivity (Wildman–Crippen MR) is 110 cm³/mol. The van der Waals surface area contributed by atoms with Crippen LogP contribution in [0.1, 0.15) is 35.2 Å². The molecule has 0 saturated heterocycles. The summed E-state index contributed by atoms with van der Waals surface area (Å²) in [7, 11) is 0. The molecule has 1 heterocycles. The molecule has 1 aliphatic heterocycles. The zero-order valence-corrected chi connectivity index (χ0v) is 16.3. The molecule has 2 aromatic rings. The first kappa shape index (κ1) is 18.1. The number of hydrogen-bond acceptors (Lipinski definition) is 2. The highest BCUT2D eigenvalue weighted by Gasteiger charge is 2.30. The summed E-state index contributed by atoms with van der Waals surface area (Å²) in [6, 6.07) is 13.8. The number of allylic oxidation sites excluding steroid dienone is 1. The van der Waals surface area contributed by atoms with Crippen molar-refractivity contribution in [3.8, 4) is 0 Å². The molecule has 0 aliphatic carbocycles.